The molecule has 140 valence electrons. The van der Waals surface area contributed by atoms with Crippen molar-refractivity contribution >= 4 is 49.5 Å². The first-order valence-electron chi connectivity index (χ1n) is 9.68. The molecule has 4 nitrogen and oxygen atoms in total. The highest BCUT2D eigenvalue weighted by Gasteiger charge is 2.18. The summed E-state index contributed by atoms with van der Waals surface area (Å²) in [5.74, 6) is 0. The maximum absolute atomic E-state index is 6.45. The summed E-state index contributed by atoms with van der Waals surface area (Å²) >= 11 is 0. The zero-order chi connectivity index (χ0) is 19.5. The van der Waals surface area contributed by atoms with E-state index in [1.807, 2.05) is 61.8 Å². The molecule has 3 heterocycles. The van der Waals surface area contributed by atoms with Crippen LogP contribution in [0.25, 0.3) is 43.8 Å². The van der Waals surface area contributed by atoms with Gasteiger partial charge >= 0.3 is 5.55 Å². The Balaban J connectivity index is 1.79. The number of para-hydroxylation sites is 1. The number of aryl methyl sites for hydroxylation is 2. The van der Waals surface area contributed by atoms with E-state index in [0.29, 0.717) is 5.55 Å². The van der Waals surface area contributed by atoms with Crippen LogP contribution in [0.15, 0.2) is 81.8 Å². The van der Waals surface area contributed by atoms with Crippen LogP contribution in [0.1, 0.15) is 5.56 Å². The van der Waals surface area contributed by atoms with Gasteiger partial charge in [0.1, 0.15) is 5.58 Å². The fourth-order valence-electron chi connectivity index (χ4n) is 4.28. The molecule has 0 amide bonds. The second-order valence-electron chi connectivity index (χ2n) is 7.51. The number of furan rings is 1. The van der Waals surface area contributed by atoms with Gasteiger partial charge in [0, 0.05) is 36.1 Å². The summed E-state index contributed by atoms with van der Waals surface area (Å²) in [4.78, 5) is 3.34. The van der Waals surface area contributed by atoms with Crippen LogP contribution in [-0.4, -0.2) is 4.57 Å². The van der Waals surface area contributed by atoms with Crippen LogP contribution in [0.5, 0.6) is 0 Å². The zero-order valence-corrected chi connectivity index (χ0v) is 16.2. The largest absolute Gasteiger partial charge is 0.454 e. The Bertz CT molecular complexity index is 1620. The molecule has 6 aromatic rings. The summed E-state index contributed by atoms with van der Waals surface area (Å²) in [6.07, 6.45) is 2.03. The van der Waals surface area contributed by atoms with Gasteiger partial charge in [-0.15, -0.1) is 0 Å². The second-order valence-corrected chi connectivity index (χ2v) is 7.51. The van der Waals surface area contributed by atoms with Crippen molar-refractivity contribution in [1.82, 2.24) is 4.57 Å². The number of rotatable bonds is 1. The summed E-state index contributed by atoms with van der Waals surface area (Å²) < 4.78 is 14.7. The molecule has 0 saturated heterocycles. The molecule has 6 rings (SSSR count). The first-order valence-corrected chi connectivity index (χ1v) is 9.68. The summed E-state index contributed by atoms with van der Waals surface area (Å²) in [5.41, 5.74) is 6.49. The van der Waals surface area contributed by atoms with Gasteiger partial charge in [-0.2, -0.15) is 4.99 Å². The summed E-state index contributed by atoms with van der Waals surface area (Å²) in [6, 6.07) is 22.6. The molecule has 0 radical (unpaired) electrons. The number of nitrogens with zero attached hydrogens (tertiary/aromatic N) is 1. The van der Waals surface area contributed by atoms with Crippen molar-refractivity contribution in [2.45, 2.75) is 6.92 Å². The van der Waals surface area contributed by atoms with Crippen LogP contribution in [0.3, 0.4) is 0 Å². The van der Waals surface area contributed by atoms with Crippen LogP contribution < -0.4 is 10.5 Å². The van der Waals surface area contributed by atoms with Crippen LogP contribution in [0, 0.1) is 6.92 Å². The highest BCUT2D eigenvalue weighted by molar-refractivity contribution is 6.20. The SMILES string of the molecule is Cc1ccc2cccc3oc4c5cc(=[NH+]c6ccccc6)oc5cn(C)c4c1c23. The molecule has 0 atom stereocenters. The van der Waals surface area contributed by atoms with Gasteiger partial charge in [0.05, 0.1) is 17.0 Å². The van der Waals surface area contributed by atoms with Crippen LogP contribution >= 0.6 is 0 Å². The van der Waals surface area contributed by atoms with Crippen molar-refractivity contribution < 1.29 is 13.8 Å². The fraction of sp³-hybridized carbons (Fsp3) is 0.0800. The molecule has 0 fully saturated rings. The quantitative estimate of drug-likeness (QED) is 0.339. The standard InChI is InChI=1S/C25H18N2O2/c1-15-11-12-16-7-6-10-19-23(16)22(15)24-25(29-19)18-13-21(28-20(18)14-27(24)2)26-17-8-4-3-5-9-17/h3-14H,1-2H3/p+1. The second kappa shape index (κ2) is 5.85. The van der Waals surface area contributed by atoms with E-state index in [1.54, 1.807) is 0 Å². The monoisotopic (exact) mass is 379 g/mol. The van der Waals surface area contributed by atoms with E-state index in [2.05, 4.69) is 34.7 Å². The minimum Gasteiger partial charge on any atom is -0.454 e. The number of nitrogens with one attached hydrogen (secondary N) is 1. The van der Waals surface area contributed by atoms with Crippen molar-refractivity contribution in [3.63, 3.8) is 0 Å². The average molecular weight is 379 g/mol. The van der Waals surface area contributed by atoms with E-state index in [9.17, 15) is 0 Å². The lowest BCUT2D eigenvalue weighted by atomic mass is 9.99. The number of benzene rings is 3. The van der Waals surface area contributed by atoms with Crippen molar-refractivity contribution in [2.24, 2.45) is 7.05 Å². The van der Waals surface area contributed by atoms with Gasteiger partial charge in [-0.05, 0) is 23.9 Å². The molecule has 0 aliphatic heterocycles. The highest BCUT2D eigenvalue weighted by Crippen LogP contribution is 2.37. The van der Waals surface area contributed by atoms with Gasteiger partial charge in [-0.25, -0.2) is 0 Å². The Hall–Kier alpha value is -3.79. The first-order chi connectivity index (χ1) is 14.2. The van der Waals surface area contributed by atoms with Crippen molar-refractivity contribution in [3.05, 3.63) is 84.0 Å². The molecule has 3 aromatic heterocycles. The molecule has 1 N–H and O–H groups in total. The van der Waals surface area contributed by atoms with Gasteiger partial charge in [-0.1, -0.05) is 42.5 Å². The Kier molecular flexibility index (Phi) is 3.27. The minimum absolute atomic E-state index is 0.692. The lowest BCUT2D eigenvalue weighted by Crippen LogP contribution is -2.69. The minimum atomic E-state index is 0.692. The molecule has 0 bridgehead atoms. The van der Waals surface area contributed by atoms with Gasteiger partial charge in [-0.3, -0.25) is 0 Å². The Morgan fingerprint density at radius 1 is 0.828 bits per heavy atom. The average Bonchev–Trinajstić information content (AvgIpc) is 3.13. The number of aromatic nitrogens is 1. The number of fused-ring (bicyclic) bond motifs is 4. The molecule has 0 saturated carbocycles. The highest BCUT2D eigenvalue weighted by atomic mass is 16.3. The summed E-state index contributed by atoms with van der Waals surface area (Å²) in [7, 11) is 2.04. The maximum atomic E-state index is 6.45. The number of hydrogen-bond donors (Lipinski definition) is 1. The molecule has 0 spiro atoms. The lowest BCUT2D eigenvalue weighted by Gasteiger charge is -2.14. The fourth-order valence-corrected chi connectivity index (χ4v) is 4.28. The first kappa shape index (κ1) is 16.2. The van der Waals surface area contributed by atoms with E-state index in [0.717, 1.165) is 33.3 Å². The van der Waals surface area contributed by atoms with E-state index < -0.39 is 0 Å². The summed E-state index contributed by atoms with van der Waals surface area (Å²) in [6.45, 7) is 2.16. The van der Waals surface area contributed by atoms with Gasteiger partial charge in [0.15, 0.2) is 11.2 Å². The van der Waals surface area contributed by atoms with Crippen molar-refractivity contribution in [1.29, 1.82) is 0 Å². The third-order valence-electron chi connectivity index (χ3n) is 5.59. The smallest absolute Gasteiger partial charge is 0.373 e. The Morgan fingerprint density at radius 3 is 2.55 bits per heavy atom. The van der Waals surface area contributed by atoms with Gasteiger partial charge in [0.2, 0.25) is 5.69 Å². The molecular weight excluding hydrogens is 360 g/mol. The molecular formula is C25H19N2O2+. The molecule has 4 heteroatoms. The van der Waals surface area contributed by atoms with E-state index in [4.69, 9.17) is 8.83 Å². The maximum Gasteiger partial charge on any atom is 0.373 e. The van der Waals surface area contributed by atoms with Crippen LogP contribution in [0.2, 0.25) is 0 Å². The molecule has 0 aliphatic rings. The van der Waals surface area contributed by atoms with E-state index in [-0.39, 0.29) is 0 Å². The van der Waals surface area contributed by atoms with Crippen LogP contribution in [-0.2, 0) is 7.05 Å². The molecule has 29 heavy (non-hydrogen) atoms. The van der Waals surface area contributed by atoms with Gasteiger partial charge < -0.3 is 13.4 Å². The normalized spacial score (nSPS) is 12.7. The summed E-state index contributed by atoms with van der Waals surface area (Å²) in [5, 5.41) is 4.54. The lowest BCUT2D eigenvalue weighted by molar-refractivity contribution is -0.416. The molecule has 0 unspecified atom stereocenters. The Morgan fingerprint density at radius 2 is 1.69 bits per heavy atom. The molecule has 0 aliphatic carbocycles. The third-order valence-corrected chi connectivity index (χ3v) is 5.59. The predicted molar refractivity (Wildman–Crippen MR) is 115 cm³/mol. The number of hydrogen-bond acceptors (Lipinski definition) is 2. The van der Waals surface area contributed by atoms with E-state index >= 15 is 0 Å². The van der Waals surface area contributed by atoms with E-state index in [1.165, 1.54) is 21.7 Å². The Labute approximate surface area is 166 Å². The third kappa shape index (κ3) is 2.36. The van der Waals surface area contributed by atoms with Crippen molar-refractivity contribution in [2.75, 3.05) is 0 Å². The predicted octanol–water partition coefficient (Wildman–Crippen LogP) is 4.45. The number of pyridine rings is 1. The van der Waals surface area contributed by atoms with Crippen LogP contribution in [0.4, 0.5) is 5.69 Å². The molecule has 3 aromatic carbocycles. The zero-order valence-electron chi connectivity index (χ0n) is 16.2. The van der Waals surface area contributed by atoms with Crippen molar-refractivity contribution in [3.8, 4) is 0 Å². The van der Waals surface area contributed by atoms with Gasteiger partial charge in [0.25, 0.3) is 0 Å². The topological polar surface area (TPSA) is 45.2 Å².